The van der Waals surface area contributed by atoms with Gasteiger partial charge in [-0.1, -0.05) is 6.07 Å². The van der Waals surface area contributed by atoms with E-state index in [0.29, 0.717) is 0 Å². The molecule has 0 N–H and O–H groups in total. The third-order valence-corrected chi connectivity index (χ3v) is 2.12. The van der Waals surface area contributed by atoms with E-state index in [2.05, 4.69) is 17.1 Å². The Labute approximate surface area is 71.9 Å². The summed E-state index contributed by atoms with van der Waals surface area (Å²) in [6.45, 7) is 0.819. The lowest BCUT2D eigenvalue weighted by atomic mass is 10.0. The van der Waals surface area contributed by atoms with Crippen molar-refractivity contribution in [1.29, 1.82) is 0 Å². The van der Waals surface area contributed by atoms with Gasteiger partial charge < -0.3 is 4.74 Å². The maximum absolute atomic E-state index is 5.14. The summed E-state index contributed by atoms with van der Waals surface area (Å²) in [5.74, 6) is 0.934. The predicted octanol–water partition coefficient (Wildman–Crippen LogP) is 1.82. The molecule has 2 nitrogen and oxygen atoms in total. The highest BCUT2D eigenvalue weighted by Gasteiger charge is 2.05. The van der Waals surface area contributed by atoms with Crippen LogP contribution in [0.3, 0.4) is 0 Å². The Hall–Kier alpha value is -1.31. The van der Waals surface area contributed by atoms with Crippen LogP contribution < -0.4 is 4.74 Å². The molecule has 12 heavy (non-hydrogen) atoms. The molecule has 2 rings (SSSR count). The molecule has 0 amide bonds. The summed E-state index contributed by atoms with van der Waals surface area (Å²) in [7, 11) is 1.69. The Morgan fingerprint density at radius 3 is 3.08 bits per heavy atom. The van der Waals surface area contributed by atoms with Crippen LogP contribution in [0.4, 0.5) is 0 Å². The van der Waals surface area contributed by atoms with E-state index in [1.54, 1.807) is 7.11 Å². The average Bonchev–Trinajstić information content (AvgIpc) is 2.17. The second kappa shape index (κ2) is 2.97. The summed E-state index contributed by atoms with van der Waals surface area (Å²) >= 11 is 0. The van der Waals surface area contributed by atoms with Crippen molar-refractivity contribution in [2.45, 2.75) is 13.0 Å². The number of benzene rings is 1. The van der Waals surface area contributed by atoms with Gasteiger partial charge in [-0.05, 0) is 23.3 Å². The van der Waals surface area contributed by atoms with Gasteiger partial charge in [0.25, 0.3) is 0 Å². The molecule has 62 valence electrons. The van der Waals surface area contributed by atoms with Crippen molar-refractivity contribution in [3.8, 4) is 5.75 Å². The molecule has 0 aliphatic carbocycles. The number of rotatable bonds is 1. The number of fused-ring (bicyclic) bond motifs is 1. The third-order valence-electron chi connectivity index (χ3n) is 2.12. The zero-order valence-electron chi connectivity index (χ0n) is 7.08. The summed E-state index contributed by atoms with van der Waals surface area (Å²) < 4.78 is 5.14. The van der Waals surface area contributed by atoms with E-state index in [4.69, 9.17) is 4.74 Å². The average molecular weight is 161 g/mol. The van der Waals surface area contributed by atoms with E-state index in [0.717, 1.165) is 18.7 Å². The molecule has 0 bridgehead atoms. The van der Waals surface area contributed by atoms with E-state index >= 15 is 0 Å². The van der Waals surface area contributed by atoms with Gasteiger partial charge in [0.15, 0.2) is 0 Å². The molecule has 1 aliphatic heterocycles. The smallest absolute Gasteiger partial charge is 0.119 e. The fourth-order valence-corrected chi connectivity index (χ4v) is 1.40. The van der Waals surface area contributed by atoms with Crippen molar-refractivity contribution in [3.05, 3.63) is 29.3 Å². The third kappa shape index (κ3) is 1.20. The standard InChI is InChI=1S/C10H11NO/c1-12-10-3-2-9-7-11-5-4-8(9)6-10/h2-3,5-6H,4,7H2,1H3. The fourth-order valence-electron chi connectivity index (χ4n) is 1.40. The first kappa shape index (κ1) is 7.35. The summed E-state index contributed by atoms with van der Waals surface area (Å²) in [5.41, 5.74) is 2.66. The zero-order chi connectivity index (χ0) is 8.39. The predicted molar refractivity (Wildman–Crippen MR) is 48.9 cm³/mol. The SMILES string of the molecule is COc1ccc2c(c1)CC=NC2. The lowest BCUT2D eigenvalue weighted by Gasteiger charge is -2.11. The molecule has 0 fully saturated rings. The van der Waals surface area contributed by atoms with E-state index < -0.39 is 0 Å². The van der Waals surface area contributed by atoms with Crippen molar-refractivity contribution in [2.75, 3.05) is 7.11 Å². The Balaban J connectivity index is 2.39. The number of hydrogen-bond acceptors (Lipinski definition) is 2. The minimum absolute atomic E-state index is 0.819. The van der Waals surface area contributed by atoms with Gasteiger partial charge in [0.05, 0.1) is 13.7 Å². The van der Waals surface area contributed by atoms with Gasteiger partial charge >= 0.3 is 0 Å². The molecule has 0 unspecified atom stereocenters. The van der Waals surface area contributed by atoms with Gasteiger partial charge in [-0.3, -0.25) is 4.99 Å². The van der Waals surface area contributed by atoms with Crippen molar-refractivity contribution < 1.29 is 4.74 Å². The molecular weight excluding hydrogens is 150 g/mol. The number of hydrogen-bond donors (Lipinski definition) is 0. The highest BCUT2D eigenvalue weighted by molar-refractivity contribution is 5.65. The molecule has 0 aromatic heterocycles. The van der Waals surface area contributed by atoms with Crippen LogP contribution in [0, 0.1) is 0 Å². The quantitative estimate of drug-likeness (QED) is 0.615. The number of methoxy groups -OCH3 is 1. The van der Waals surface area contributed by atoms with Crippen LogP contribution in [0.1, 0.15) is 11.1 Å². The molecule has 1 aromatic carbocycles. The molecule has 0 radical (unpaired) electrons. The lowest BCUT2D eigenvalue weighted by molar-refractivity contribution is 0.414. The first-order valence-electron chi connectivity index (χ1n) is 4.04. The molecule has 1 aliphatic rings. The van der Waals surface area contributed by atoms with Crippen LogP contribution in [0.15, 0.2) is 23.2 Å². The Kier molecular flexibility index (Phi) is 1.82. The van der Waals surface area contributed by atoms with Gasteiger partial charge in [0.2, 0.25) is 0 Å². The van der Waals surface area contributed by atoms with Gasteiger partial charge in [-0.15, -0.1) is 0 Å². The summed E-state index contributed by atoms with van der Waals surface area (Å²) in [6.07, 6.45) is 2.90. The highest BCUT2D eigenvalue weighted by atomic mass is 16.5. The normalized spacial score (nSPS) is 14.1. The number of ether oxygens (including phenoxy) is 1. The summed E-state index contributed by atoms with van der Waals surface area (Å²) in [4.78, 5) is 4.21. The zero-order valence-corrected chi connectivity index (χ0v) is 7.08. The van der Waals surface area contributed by atoms with Gasteiger partial charge in [-0.25, -0.2) is 0 Å². The first-order chi connectivity index (χ1) is 5.90. The first-order valence-corrected chi connectivity index (χ1v) is 4.04. The van der Waals surface area contributed by atoms with E-state index in [1.807, 2.05) is 12.3 Å². The van der Waals surface area contributed by atoms with Crippen molar-refractivity contribution >= 4 is 6.21 Å². The van der Waals surface area contributed by atoms with Crippen LogP contribution in [0.5, 0.6) is 5.75 Å². The molecule has 1 aromatic rings. The lowest BCUT2D eigenvalue weighted by Crippen LogP contribution is -2.00. The fraction of sp³-hybridized carbons (Fsp3) is 0.300. The van der Waals surface area contributed by atoms with Crippen LogP contribution >= 0.6 is 0 Å². The molecule has 0 spiro atoms. The van der Waals surface area contributed by atoms with Gasteiger partial charge in [0, 0.05) is 12.6 Å². The molecule has 0 atom stereocenters. The minimum Gasteiger partial charge on any atom is -0.497 e. The van der Waals surface area contributed by atoms with Crippen molar-refractivity contribution in [2.24, 2.45) is 4.99 Å². The number of nitrogens with zero attached hydrogens (tertiary/aromatic N) is 1. The molecule has 0 saturated heterocycles. The van der Waals surface area contributed by atoms with E-state index in [1.165, 1.54) is 11.1 Å². The second-order valence-corrected chi connectivity index (χ2v) is 2.86. The Bertz CT molecular complexity index is 318. The van der Waals surface area contributed by atoms with Crippen LogP contribution in [0.2, 0.25) is 0 Å². The van der Waals surface area contributed by atoms with Crippen LogP contribution in [-0.4, -0.2) is 13.3 Å². The van der Waals surface area contributed by atoms with Gasteiger partial charge in [-0.2, -0.15) is 0 Å². The van der Waals surface area contributed by atoms with E-state index in [-0.39, 0.29) is 0 Å². The Morgan fingerprint density at radius 1 is 1.33 bits per heavy atom. The largest absolute Gasteiger partial charge is 0.497 e. The summed E-state index contributed by atoms with van der Waals surface area (Å²) in [6, 6.07) is 6.16. The molecule has 0 saturated carbocycles. The topological polar surface area (TPSA) is 21.6 Å². The van der Waals surface area contributed by atoms with Crippen LogP contribution in [-0.2, 0) is 13.0 Å². The highest BCUT2D eigenvalue weighted by Crippen LogP contribution is 2.20. The summed E-state index contributed by atoms with van der Waals surface area (Å²) in [5, 5.41) is 0. The molecular formula is C10H11NO. The monoisotopic (exact) mass is 161 g/mol. The van der Waals surface area contributed by atoms with Crippen molar-refractivity contribution in [1.82, 2.24) is 0 Å². The second-order valence-electron chi connectivity index (χ2n) is 2.86. The maximum Gasteiger partial charge on any atom is 0.119 e. The number of aliphatic imine (C=N–C) groups is 1. The maximum atomic E-state index is 5.14. The van der Waals surface area contributed by atoms with E-state index in [9.17, 15) is 0 Å². The van der Waals surface area contributed by atoms with Crippen LogP contribution in [0.25, 0.3) is 0 Å². The van der Waals surface area contributed by atoms with Gasteiger partial charge in [0.1, 0.15) is 5.75 Å². The molecule has 2 heteroatoms. The van der Waals surface area contributed by atoms with Crippen molar-refractivity contribution in [3.63, 3.8) is 0 Å². The Morgan fingerprint density at radius 2 is 2.25 bits per heavy atom. The molecule has 1 heterocycles. The minimum atomic E-state index is 0.819.